The number of carbonyl (C=O) groups is 2. The average molecular weight is 292 g/mol. The van der Waals surface area contributed by atoms with Crippen LogP contribution in [0.2, 0.25) is 0 Å². The number of nitrogens with zero attached hydrogens (tertiary/aromatic N) is 2. The number of hydrogen-bond acceptors (Lipinski definition) is 4. The van der Waals surface area contributed by atoms with Crippen molar-refractivity contribution in [3.63, 3.8) is 0 Å². The highest BCUT2D eigenvalue weighted by molar-refractivity contribution is 5.97. The van der Waals surface area contributed by atoms with Crippen LogP contribution in [0.15, 0.2) is 23.0 Å². The van der Waals surface area contributed by atoms with E-state index in [0.717, 1.165) is 19.3 Å². The molecule has 1 atom stereocenters. The number of piperidine rings is 1. The minimum absolute atomic E-state index is 0.0508. The van der Waals surface area contributed by atoms with E-state index >= 15 is 0 Å². The van der Waals surface area contributed by atoms with Crippen LogP contribution in [-0.2, 0) is 9.53 Å². The lowest BCUT2D eigenvalue weighted by Gasteiger charge is -2.38. The molecule has 6 heteroatoms. The number of likely N-dealkylation sites (tertiary alicyclic amines) is 1. The molecule has 0 aromatic carbocycles. The van der Waals surface area contributed by atoms with Gasteiger partial charge in [-0.3, -0.25) is 9.59 Å². The van der Waals surface area contributed by atoms with Crippen LogP contribution in [0.4, 0.5) is 0 Å². The molecule has 2 fully saturated rings. The van der Waals surface area contributed by atoms with Gasteiger partial charge in [-0.2, -0.15) is 0 Å². The first-order valence-electron chi connectivity index (χ1n) is 7.47. The summed E-state index contributed by atoms with van der Waals surface area (Å²) < 4.78 is 10.3. The van der Waals surface area contributed by atoms with Crippen LogP contribution in [0, 0.1) is 0 Å². The second kappa shape index (κ2) is 6.30. The Hall–Kier alpha value is -1.82. The van der Waals surface area contributed by atoms with Gasteiger partial charge in [-0.15, -0.1) is 0 Å². The van der Waals surface area contributed by atoms with E-state index in [1.807, 2.05) is 4.90 Å². The number of hydrogen-bond donors (Lipinski definition) is 0. The van der Waals surface area contributed by atoms with E-state index in [-0.39, 0.29) is 17.9 Å². The Bertz CT molecular complexity index is 494. The zero-order valence-electron chi connectivity index (χ0n) is 12.0. The molecule has 1 aromatic rings. The fourth-order valence-corrected chi connectivity index (χ4v) is 2.98. The van der Waals surface area contributed by atoms with Crippen LogP contribution in [-0.4, -0.2) is 60.5 Å². The molecule has 0 N–H and O–H groups in total. The predicted octanol–water partition coefficient (Wildman–Crippen LogP) is 1.13. The minimum Gasteiger partial charge on any atom is -0.472 e. The van der Waals surface area contributed by atoms with Gasteiger partial charge in [0.05, 0.1) is 25.0 Å². The van der Waals surface area contributed by atoms with Crippen molar-refractivity contribution in [2.75, 3.05) is 32.8 Å². The highest BCUT2D eigenvalue weighted by Crippen LogP contribution is 2.22. The Balaban J connectivity index is 1.74. The Kier molecular flexibility index (Phi) is 4.24. The van der Waals surface area contributed by atoms with Gasteiger partial charge in [-0.25, -0.2) is 0 Å². The lowest BCUT2D eigenvalue weighted by molar-refractivity contribution is -0.141. The smallest absolute Gasteiger partial charge is 0.257 e. The van der Waals surface area contributed by atoms with Gasteiger partial charge in [-0.05, 0) is 25.3 Å². The van der Waals surface area contributed by atoms with Gasteiger partial charge >= 0.3 is 0 Å². The number of rotatable bonds is 2. The SMILES string of the molecule is O=C([C@H]1CCCCN1C(=O)c1ccoc1)N1CCOCC1. The molecule has 6 nitrogen and oxygen atoms in total. The molecule has 21 heavy (non-hydrogen) atoms. The summed E-state index contributed by atoms with van der Waals surface area (Å²) in [5.74, 6) is -0.0649. The van der Waals surface area contributed by atoms with Crippen molar-refractivity contribution in [1.29, 1.82) is 0 Å². The molecule has 3 rings (SSSR count). The van der Waals surface area contributed by atoms with Crippen LogP contribution in [0.5, 0.6) is 0 Å². The Morgan fingerprint density at radius 3 is 2.67 bits per heavy atom. The third-order valence-corrected chi connectivity index (χ3v) is 4.14. The molecular weight excluding hydrogens is 272 g/mol. The second-order valence-corrected chi connectivity index (χ2v) is 5.46. The Morgan fingerprint density at radius 1 is 1.14 bits per heavy atom. The first kappa shape index (κ1) is 14.1. The Morgan fingerprint density at radius 2 is 1.95 bits per heavy atom. The largest absolute Gasteiger partial charge is 0.472 e. The molecule has 2 aliphatic rings. The second-order valence-electron chi connectivity index (χ2n) is 5.46. The van der Waals surface area contributed by atoms with Crippen LogP contribution >= 0.6 is 0 Å². The molecule has 2 aliphatic heterocycles. The van der Waals surface area contributed by atoms with Gasteiger partial charge in [0.25, 0.3) is 5.91 Å². The zero-order chi connectivity index (χ0) is 14.7. The third-order valence-electron chi connectivity index (χ3n) is 4.14. The quantitative estimate of drug-likeness (QED) is 0.820. The topological polar surface area (TPSA) is 63.0 Å². The Labute approximate surface area is 123 Å². The molecule has 0 unspecified atom stereocenters. The van der Waals surface area contributed by atoms with Crippen molar-refractivity contribution >= 4 is 11.8 Å². The maximum Gasteiger partial charge on any atom is 0.257 e. The van der Waals surface area contributed by atoms with Crippen molar-refractivity contribution < 1.29 is 18.7 Å². The van der Waals surface area contributed by atoms with Crippen LogP contribution in [0.25, 0.3) is 0 Å². The summed E-state index contributed by atoms with van der Waals surface area (Å²) in [5, 5.41) is 0. The number of furan rings is 1. The van der Waals surface area contributed by atoms with E-state index in [0.29, 0.717) is 38.4 Å². The highest BCUT2D eigenvalue weighted by Gasteiger charge is 2.35. The first-order chi connectivity index (χ1) is 10.3. The first-order valence-corrected chi connectivity index (χ1v) is 7.47. The lowest BCUT2D eigenvalue weighted by Crippen LogP contribution is -2.55. The van der Waals surface area contributed by atoms with E-state index < -0.39 is 0 Å². The molecule has 0 bridgehead atoms. The number of morpholine rings is 1. The molecule has 0 saturated carbocycles. The fraction of sp³-hybridized carbons (Fsp3) is 0.600. The van der Waals surface area contributed by atoms with Crippen molar-refractivity contribution in [3.05, 3.63) is 24.2 Å². The number of ether oxygens (including phenoxy) is 1. The third kappa shape index (κ3) is 2.95. The minimum atomic E-state index is -0.348. The van der Waals surface area contributed by atoms with E-state index in [2.05, 4.69) is 0 Å². The van der Waals surface area contributed by atoms with E-state index in [4.69, 9.17) is 9.15 Å². The zero-order valence-corrected chi connectivity index (χ0v) is 12.0. The normalized spacial score (nSPS) is 23.1. The molecular formula is C15H20N2O4. The summed E-state index contributed by atoms with van der Waals surface area (Å²) in [4.78, 5) is 28.7. The van der Waals surface area contributed by atoms with Gasteiger partial charge in [-0.1, -0.05) is 0 Å². The molecule has 0 spiro atoms. The maximum absolute atomic E-state index is 12.7. The molecule has 1 aromatic heterocycles. The van der Waals surface area contributed by atoms with Gasteiger partial charge in [0.2, 0.25) is 5.91 Å². The van der Waals surface area contributed by atoms with Gasteiger partial charge < -0.3 is 19.0 Å². The summed E-state index contributed by atoms with van der Waals surface area (Å²) in [5.41, 5.74) is 0.511. The fourth-order valence-electron chi connectivity index (χ4n) is 2.98. The standard InChI is InChI=1S/C15H20N2O4/c18-14(12-4-8-21-11-12)17-5-2-1-3-13(17)15(19)16-6-9-20-10-7-16/h4,8,11,13H,1-3,5-7,9-10H2/t13-/m1/s1. The van der Waals surface area contributed by atoms with Crippen LogP contribution < -0.4 is 0 Å². The van der Waals surface area contributed by atoms with E-state index in [9.17, 15) is 9.59 Å². The lowest BCUT2D eigenvalue weighted by atomic mass is 9.99. The summed E-state index contributed by atoms with van der Waals surface area (Å²) in [6.07, 6.45) is 5.58. The van der Waals surface area contributed by atoms with Crippen molar-refractivity contribution in [3.8, 4) is 0 Å². The molecule has 3 heterocycles. The maximum atomic E-state index is 12.7. The molecule has 0 aliphatic carbocycles. The van der Waals surface area contributed by atoms with Crippen LogP contribution in [0.1, 0.15) is 29.6 Å². The van der Waals surface area contributed by atoms with Crippen molar-refractivity contribution in [1.82, 2.24) is 9.80 Å². The summed E-state index contributed by atoms with van der Waals surface area (Å²) >= 11 is 0. The summed E-state index contributed by atoms with van der Waals surface area (Å²) in [6, 6.07) is 1.30. The molecule has 2 saturated heterocycles. The molecule has 2 amide bonds. The van der Waals surface area contributed by atoms with Crippen LogP contribution in [0.3, 0.4) is 0 Å². The summed E-state index contributed by atoms with van der Waals surface area (Å²) in [7, 11) is 0. The molecule has 0 radical (unpaired) electrons. The number of amides is 2. The van der Waals surface area contributed by atoms with E-state index in [1.54, 1.807) is 11.0 Å². The average Bonchev–Trinajstić information content (AvgIpc) is 3.09. The van der Waals surface area contributed by atoms with Gasteiger partial charge in [0.1, 0.15) is 12.3 Å². The monoisotopic (exact) mass is 292 g/mol. The molecule has 114 valence electrons. The van der Waals surface area contributed by atoms with E-state index in [1.165, 1.54) is 12.5 Å². The highest BCUT2D eigenvalue weighted by atomic mass is 16.5. The van der Waals surface area contributed by atoms with Gasteiger partial charge in [0, 0.05) is 19.6 Å². The number of carbonyl (C=O) groups excluding carboxylic acids is 2. The van der Waals surface area contributed by atoms with Crippen molar-refractivity contribution in [2.45, 2.75) is 25.3 Å². The van der Waals surface area contributed by atoms with Crippen molar-refractivity contribution in [2.24, 2.45) is 0 Å². The summed E-state index contributed by atoms with van der Waals surface area (Å²) in [6.45, 7) is 3.01. The predicted molar refractivity (Wildman–Crippen MR) is 74.8 cm³/mol. The van der Waals surface area contributed by atoms with Gasteiger partial charge in [0.15, 0.2) is 0 Å².